The molecule has 0 saturated carbocycles. The summed E-state index contributed by atoms with van der Waals surface area (Å²) in [6.07, 6.45) is 3.70. The average molecular weight is 244 g/mol. The zero-order valence-electron chi connectivity index (χ0n) is 10.8. The van der Waals surface area contributed by atoms with Gasteiger partial charge in [0.25, 0.3) is 0 Å². The Kier molecular flexibility index (Phi) is 4.67. The largest absolute Gasteiger partial charge is 0.381 e. The van der Waals surface area contributed by atoms with Gasteiger partial charge in [-0.2, -0.15) is 0 Å². The summed E-state index contributed by atoms with van der Waals surface area (Å²) in [5.74, 6) is 0. The van der Waals surface area contributed by atoms with E-state index >= 15 is 0 Å². The number of hydrogen-bond donors (Lipinski definition) is 1. The maximum absolute atomic E-state index is 6.16. The first kappa shape index (κ1) is 13.0. The van der Waals surface area contributed by atoms with Gasteiger partial charge in [-0.25, -0.2) is 0 Å². The Morgan fingerprint density at radius 1 is 1.28 bits per heavy atom. The molecule has 0 fully saturated rings. The van der Waals surface area contributed by atoms with Gasteiger partial charge >= 0.3 is 0 Å². The molecule has 2 rings (SSSR count). The minimum atomic E-state index is 0.0215. The molecular formula is C15H20N2O. The normalized spacial score (nSPS) is 12.8. The molecule has 0 aliphatic carbocycles. The van der Waals surface area contributed by atoms with Crippen LogP contribution in [0.5, 0.6) is 0 Å². The standard InChI is InChI=1S/C15H20N2O/c1-2-9-18-10-7-14(16)13-6-5-12-4-3-8-17-15(12)11-13/h3-6,8,11,14H,2,7,9-10,16H2,1H3. The molecule has 2 N–H and O–H groups in total. The van der Waals surface area contributed by atoms with Crippen molar-refractivity contribution >= 4 is 10.9 Å². The van der Waals surface area contributed by atoms with Gasteiger partial charge in [0.15, 0.2) is 0 Å². The number of aromatic nitrogens is 1. The monoisotopic (exact) mass is 244 g/mol. The van der Waals surface area contributed by atoms with E-state index in [-0.39, 0.29) is 6.04 Å². The van der Waals surface area contributed by atoms with Gasteiger partial charge in [0.1, 0.15) is 0 Å². The molecule has 0 saturated heterocycles. The van der Waals surface area contributed by atoms with Gasteiger partial charge in [0.2, 0.25) is 0 Å². The number of hydrogen-bond acceptors (Lipinski definition) is 3. The van der Waals surface area contributed by atoms with Crippen LogP contribution in [-0.4, -0.2) is 18.2 Å². The summed E-state index contributed by atoms with van der Waals surface area (Å²) < 4.78 is 5.47. The number of pyridine rings is 1. The summed E-state index contributed by atoms with van der Waals surface area (Å²) in [6.45, 7) is 3.64. The molecule has 1 unspecified atom stereocenters. The van der Waals surface area contributed by atoms with Crippen molar-refractivity contribution in [3.05, 3.63) is 42.1 Å². The second-order valence-electron chi connectivity index (χ2n) is 4.46. The van der Waals surface area contributed by atoms with Crippen LogP contribution in [0.2, 0.25) is 0 Å². The Morgan fingerprint density at radius 3 is 3.00 bits per heavy atom. The molecule has 18 heavy (non-hydrogen) atoms. The van der Waals surface area contributed by atoms with E-state index in [2.05, 4.69) is 36.2 Å². The number of fused-ring (bicyclic) bond motifs is 1. The first-order valence-corrected chi connectivity index (χ1v) is 6.49. The fourth-order valence-electron chi connectivity index (χ4n) is 1.94. The molecule has 1 aromatic heterocycles. The predicted octanol–water partition coefficient (Wildman–Crippen LogP) is 3.05. The molecule has 0 aliphatic heterocycles. The summed E-state index contributed by atoms with van der Waals surface area (Å²) in [7, 11) is 0. The van der Waals surface area contributed by atoms with Crippen LogP contribution in [-0.2, 0) is 4.74 Å². The highest BCUT2D eigenvalue weighted by atomic mass is 16.5. The number of ether oxygens (including phenoxy) is 1. The summed E-state index contributed by atoms with van der Waals surface area (Å²) >= 11 is 0. The minimum absolute atomic E-state index is 0.0215. The number of nitrogens with zero attached hydrogens (tertiary/aromatic N) is 1. The van der Waals surface area contributed by atoms with E-state index in [0.717, 1.165) is 42.5 Å². The van der Waals surface area contributed by atoms with E-state index in [1.165, 1.54) is 0 Å². The van der Waals surface area contributed by atoms with Crippen molar-refractivity contribution in [1.82, 2.24) is 4.98 Å². The average Bonchev–Trinajstić information content (AvgIpc) is 2.43. The Hall–Kier alpha value is -1.45. The molecule has 1 heterocycles. The lowest BCUT2D eigenvalue weighted by molar-refractivity contribution is 0.128. The zero-order chi connectivity index (χ0) is 12.8. The van der Waals surface area contributed by atoms with Crippen LogP contribution in [0, 0.1) is 0 Å². The third kappa shape index (κ3) is 3.28. The van der Waals surface area contributed by atoms with Gasteiger partial charge in [-0.3, -0.25) is 4.98 Å². The first-order chi connectivity index (χ1) is 8.81. The number of rotatable bonds is 6. The SMILES string of the molecule is CCCOCCC(N)c1ccc2cccnc2c1. The van der Waals surface area contributed by atoms with Gasteiger partial charge in [0.05, 0.1) is 5.52 Å². The van der Waals surface area contributed by atoms with Crippen molar-refractivity contribution in [1.29, 1.82) is 0 Å². The first-order valence-electron chi connectivity index (χ1n) is 6.49. The maximum Gasteiger partial charge on any atom is 0.0705 e. The molecular weight excluding hydrogens is 224 g/mol. The van der Waals surface area contributed by atoms with Crippen molar-refractivity contribution < 1.29 is 4.74 Å². The second kappa shape index (κ2) is 6.47. The van der Waals surface area contributed by atoms with Crippen LogP contribution >= 0.6 is 0 Å². The molecule has 1 aromatic carbocycles. The van der Waals surface area contributed by atoms with Crippen molar-refractivity contribution in [2.45, 2.75) is 25.8 Å². The van der Waals surface area contributed by atoms with Gasteiger partial charge in [-0.1, -0.05) is 25.1 Å². The highest BCUT2D eigenvalue weighted by molar-refractivity contribution is 5.78. The molecule has 0 spiro atoms. The van der Waals surface area contributed by atoms with Crippen molar-refractivity contribution in [2.75, 3.05) is 13.2 Å². The van der Waals surface area contributed by atoms with Gasteiger partial charge in [-0.15, -0.1) is 0 Å². The second-order valence-corrected chi connectivity index (χ2v) is 4.46. The Labute approximate surface area is 108 Å². The van der Waals surface area contributed by atoms with E-state index in [1.807, 2.05) is 12.3 Å². The topological polar surface area (TPSA) is 48.1 Å². The maximum atomic E-state index is 6.16. The van der Waals surface area contributed by atoms with Crippen LogP contribution in [0.1, 0.15) is 31.4 Å². The molecule has 0 bridgehead atoms. The lowest BCUT2D eigenvalue weighted by atomic mass is 10.0. The van der Waals surface area contributed by atoms with E-state index in [4.69, 9.17) is 10.5 Å². The molecule has 0 radical (unpaired) electrons. The summed E-state index contributed by atoms with van der Waals surface area (Å²) in [6, 6.07) is 10.2. The Bertz CT molecular complexity index is 499. The Morgan fingerprint density at radius 2 is 2.17 bits per heavy atom. The molecule has 3 heteroatoms. The smallest absolute Gasteiger partial charge is 0.0705 e. The molecule has 96 valence electrons. The summed E-state index contributed by atoms with van der Waals surface area (Å²) in [4.78, 5) is 4.35. The van der Waals surface area contributed by atoms with Crippen LogP contribution in [0.4, 0.5) is 0 Å². The van der Waals surface area contributed by atoms with Crippen LogP contribution in [0.15, 0.2) is 36.5 Å². The highest BCUT2D eigenvalue weighted by Gasteiger charge is 2.06. The number of nitrogens with two attached hydrogens (primary N) is 1. The van der Waals surface area contributed by atoms with Crippen LogP contribution < -0.4 is 5.73 Å². The van der Waals surface area contributed by atoms with E-state index in [9.17, 15) is 0 Å². The Balaban J connectivity index is 2.01. The minimum Gasteiger partial charge on any atom is -0.381 e. The third-order valence-electron chi connectivity index (χ3n) is 2.98. The lowest BCUT2D eigenvalue weighted by Crippen LogP contribution is -2.13. The highest BCUT2D eigenvalue weighted by Crippen LogP contribution is 2.19. The summed E-state index contributed by atoms with van der Waals surface area (Å²) in [5, 5.41) is 1.15. The van der Waals surface area contributed by atoms with Gasteiger partial charge < -0.3 is 10.5 Å². The van der Waals surface area contributed by atoms with Crippen molar-refractivity contribution in [2.24, 2.45) is 5.73 Å². The fourth-order valence-corrected chi connectivity index (χ4v) is 1.94. The quantitative estimate of drug-likeness (QED) is 0.794. The van der Waals surface area contributed by atoms with Crippen LogP contribution in [0.3, 0.4) is 0 Å². The lowest BCUT2D eigenvalue weighted by Gasteiger charge is -2.12. The van der Waals surface area contributed by atoms with Gasteiger partial charge in [-0.05, 0) is 30.5 Å². The molecule has 1 atom stereocenters. The molecule has 3 nitrogen and oxygen atoms in total. The van der Waals surface area contributed by atoms with Gasteiger partial charge in [0, 0.05) is 30.8 Å². The molecule has 2 aromatic rings. The molecule has 0 amide bonds. The molecule has 0 aliphatic rings. The van der Waals surface area contributed by atoms with Crippen molar-refractivity contribution in [3.63, 3.8) is 0 Å². The third-order valence-corrected chi connectivity index (χ3v) is 2.98. The van der Waals surface area contributed by atoms with E-state index in [1.54, 1.807) is 0 Å². The number of benzene rings is 1. The van der Waals surface area contributed by atoms with E-state index in [0.29, 0.717) is 0 Å². The fraction of sp³-hybridized carbons (Fsp3) is 0.400. The van der Waals surface area contributed by atoms with Crippen LogP contribution in [0.25, 0.3) is 10.9 Å². The van der Waals surface area contributed by atoms with E-state index < -0.39 is 0 Å². The van der Waals surface area contributed by atoms with Crippen molar-refractivity contribution in [3.8, 4) is 0 Å². The summed E-state index contributed by atoms with van der Waals surface area (Å²) in [5.41, 5.74) is 8.29. The zero-order valence-corrected chi connectivity index (χ0v) is 10.8. The predicted molar refractivity (Wildman–Crippen MR) is 74.4 cm³/mol.